The van der Waals surface area contributed by atoms with E-state index >= 15 is 0 Å². The van der Waals surface area contributed by atoms with Crippen molar-refractivity contribution < 1.29 is 14.3 Å². The molecule has 0 aliphatic rings. The Balaban J connectivity index is 1.94. The zero-order valence-electron chi connectivity index (χ0n) is 13.1. The molecule has 1 aromatic heterocycles. The Morgan fingerprint density at radius 1 is 1.32 bits per heavy atom. The predicted octanol–water partition coefficient (Wildman–Crippen LogP) is 2.25. The first kappa shape index (κ1) is 18.2. The standard InChI is InChI=1S/C14H24N4O3S/c1-3-11(2)18-13(19)16-6-4-5-7-17-14(20)21-9-12-8-15-10-22-12/h8,10-11H,3-7,9H2,1-2H3,(H,17,20)(H2,16,18,19). The fraction of sp³-hybridized carbons (Fsp3) is 0.643. The lowest BCUT2D eigenvalue weighted by atomic mass is 10.3. The van der Waals surface area contributed by atoms with Crippen molar-refractivity contribution in [3.8, 4) is 0 Å². The molecule has 0 aliphatic carbocycles. The molecule has 0 radical (unpaired) electrons. The molecule has 1 heterocycles. The van der Waals surface area contributed by atoms with Gasteiger partial charge in [-0.25, -0.2) is 9.59 Å². The van der Waals surface area contributed by atoms with Crippen LogP contribution in [0.1, 0.15) is 38.0 Å². The van der Waals surface area contributed by atoms with E-state index in [0.29, 0.717) is 13.1 Å². The summed E-state index contributed by atoms with van der Waals surface area (Å²) in [7, 11) is 0. The average molecular weight is 328 g/mol. The molecule has 1 rings (SSSR count). The van der Waals surface area contributed by atoms with Crippen LogP contribution in [-0.2, 0) is 11.3 Å². The average Bonchev–Trinajstić information content (AvgIpc) is 3.01. The lowest BCUT2D eigenvalue weighted by Gasteiger charge is -2.12. The Kier molecular flexibility index (Phi) is 8.97. The number of amides is 3. The zero-order chi connectivity index (χ0) is 16.2. The zero-order valence-corrected chi connectivity index (χ0v) is 13.9. The van der Waals surface area contributed by atoms with E-state index in [1.165, 1.54) is 11.3 Å². The smallest absolute Gasteiger partial charge is 0.407 e. The van der Waals surface area contributed by atoms with E-state index in [-0.39, 0.29) is 18.7 Å². The quantitative estimate of drug-likeness (QED) is 0.606. The largest absolute Gasteiger partial charge is 0.444 e. The van der Waals surface area contributed by atoms with Crippen molar-refractivity contribution >= 4 is 23.5 Å². The van der Waals surface area contributed by atoms with E-state index < -0.39 is 6.09 Å². The summed E-state index contributed by atoms with van der Waals surface area (Å²) >= 11 is 1.45. The van der Waals surface area contributed by atoms with Crippen LogP contribution < -0.4 is 16.0 Å². The molecule has 0 saturated carbocycles. The summed E-state index contributed by atoms with van der Waals surface area (Å²) in [6, 6.07) is 0.0289. The molecule has 3 N–H and O–H groups in total. The van der Waals surface area contributed by atoms with Crippen LogP contribution in [0.15, 0.2) is 11.7 Å². The third-order valence-electron chi connectivity index (χ3n) is 2.98. The number of unbranched alkanes of at least 4 members (excludes halogenated alkanes) is 1. The number of hydrogen-bond acceptors (Lipinski definition) is 5. The van der Waals surface area contributed by atoms with E-state index in [1.54, 1.807) is 11.7 Å². The number of ether oxygens (including phenoxy) is 1. The first-order chi connectivity index (χ1) is 10.6. The molecule has 124 valence electrons. The van der Waals surface area contributed by atoms with Gasteiger partial charge in [0, 0.05) is 25.3 Å². The van der Waals surface area contributed by atoms with Crippen molar-refractivity contribution in [1.82, 2.24) is 20.9 Å². The molecule has 0 saturated heterocycles. The molecule has 7 nitrogen and oxygen atoms in total. The van der Waals surface area contributed by atoms with Gasteiger partial charge < -0.3 is 20.7 Å². The Morgan fingerprint density at radius 3 is 2.68 bits per heavy atom. The van der Waals surface area contributed by atoms with Gasteiger partial charge in [-0.1, -0.05) is 6.92 Å². The minimum Gasteiger partial charge on any atom is -0.444 e. The van der Waals surface area contributed by atoms with Crippen LogP contribution in [0.4, 0.5) is 9.59 Å². The number of carbonyl (C=O) groups excluding carboxylic acids is 2. The molecule has 8 heteroatoms. The maximum Gasteiger partial charge on any atom is 0.407 e. The van der Waals surface area contributed by atoms with Gasteiger partial charge >= 0.3 is 12.1 Å². The highest BCUT2D eigenvalue weighted by molar-refractivity contribution is 7.09. The molecule has 0 aromatic carbocycles. The van der Waals surface area contributed by atoms with Crippen LogP contribution in [0.3, 0.4) is 0 Å². The fourth-order valence-electron chi connectivity index (χ4n) is 1.52. The number of carbonyl (C=O) groups is 2. The van der Waals surface area contributed by atoms with Gasteiger partial charge in [0.1, 0.15) is 6.61 Å². The summed E-state index contributed by atoms with van der Waals surface area (Å²) < 4.78 is 5.03. The monoisotopic (exact) mass is 328 g/mol. The molecule has 22 heavy (non-hydrogen) atoms. The first-order valence-electron chi connectivity index (χ1n) is 7.44. The second kappa shape index (κ2) is 10.8. The molecule has 0 aliphatic heterocycles. The summed E-state index contributed by atoms with van der Waals surface area (Å²) in [5, 5.41) is 8.27. The number of nitrogens with one attached hydrogen (secondary N) is 3. The van der Waals surface area contributed by atoms with Crippen LogP contribution >= 0.6 is 11.3 Å². The first-order valence-corrected chi connectivity index (χ1v) is 8.32. The molecule has 1 aromatic rings. The van der Waals surface area contributed by atoms with Gasteiger partial charge in [-0.2, -0.15) is 0 Å². The Bertz CT molecular complexity index is 439. The van der Waals surface area contributed by atoms with Crippen molar-refractivity contribution in [1.29, 1.82) is 0 Å². The van der Waals surface area contributed by atoms with Crippen LogP contribution in [0.5, 0.6) is 0 Å². The van der Waals surface area contributed by atoms with E-state index in [9.17, 15) is 9.59 Å². The Hall–Kier alpha value is -1.83. The number of alkyl carbamates (subject to hydrolysis) is 1. The van der Waals surface area contributed by atoms with Gasteiger partial charge in [0.15, 0.2) is 0 Å². The second-order valence-electron chi connectivity index (χ2n) is 4.89. The molecule has 0 bridgehead atoms. The van der Waals surface area contributed by atoms with E-state index in [0.717, 1.165) is 24.1 Å². The summed E-state index contributed by atoms with van der Waals surface area (Å²) in [5.41, 5.74) is 1.70. The lowest BCUT2D eigenvalue weighted by Crippen LogP contribution is -2.40. The van der Waals surface area contributed by atoms with Crippen molar-refractivity contribution in [2.45, 2.75) is 45.8 Å². The maximum absolute atomic E-state index is 11.4. The lowest BCUT2D eigenvalue weighted by molar-refractivity contribution is 0.140. The predicted molar refractivity (Wildman–Crippen MR) is 85.8 cm³/mol. The van der Waals surface area contributed by atoms with Crippen LogP contribution in [0.2, 0.25) is 0 Å². The molecule has 1 atom stereocenters. The van der Waals surface area contributed by atoms with Crippen molar-refractivity contribution in [3.05, 3.63) is 16.6 Å². The molecular formula is C14H24N4O3S. The fourth-order valence-corrected chi connectivity index (χ4v) is 2.03. The number of nitrogens with zero attached hydrogens (tertiary/aromatic N) is 1. The number of hydrogen-bond donors (Lipinski definition) is 3. The van der Waals surface area contributed by atoms with E-state index in [2.05, 4.69) is 20.9 Å². The molecule has 0 fully saturated rings. The van der Waals surface area contributed by atoms with Gasteiger partial charge in [-0.3, -0.25) is 4.98 Å². The van der Waals surface area contributed by atoms with Crippen LogP contribution in [0, 0.1) is 0 Å². The van der Waals surface area contributed by atoms with Gasteiger partial charge in [0.25, 0.3) is 0 Å². The molecule has 1 unspecified atom stereocenters. The minimum absolute atomic E-state index is 0.147. The number of rotatable bonds is 9. The summed E-state index contributed by atoms with van der Waals surface area (Å²) in [4.78, 5) is 27.6. The van der Waals surface area contributed by atoms with Gasteiger partial charge in [-0.05, 0) is 26.2 Å². The van der Waals surface area contributed by atoms with E-state index in [1.807, 2.05) is 13.8 Å². The normalized spacial score (nSPS) is 11.5. The van der Waals surface area contributed by atoms with Gasteiger partial charge in [0.05, 0.1) is 10.4 Å². The van der Waals surface area contributed by atoms with Crippen molar-refractivity contribution in [2.75, 3.05) is 13.1 Å². The van der Waals surface area contributed by atoms with Crippen molar-refractivity contribution in [3.63, 3.8) is 0 Å². The number of thiazole rings is 1. The van der Waals surface area contributed by atoms with Crippen molar-refractivity contribution in [2.24, 2.45) is 0 Å². The number of urea groups is 1. The highest BCUT2D eigenvalue weighted by atomic mass is 32.1. The topological polar surface area (TPSA) is 92.4 Å². The third kappa shape index (κ3) is 8.46. The Labute approximate surface area is 134 Å². The molecular weight excluding hydrogens is 304 g/mol. The number of aromatic nitrogens is 1. The highest BCUT2D eigenvalue weighted by Crippen LogP contribution is 2.06. The van der Waals surface area contributed by atoms with Gasteiger partial charge in [-0.15, -0.1) is 11.3 Å². The molecule has 0 spiro atoms. The third-order valence-corrected chi connectivity index (χ3v) is 3.73. The SMILES string of the molecule is CCC(C)NC(=O)NCCCCNC(=O)OCc1cncs1. The summed E-state index contributed by atoms with van der Waals surface area (Å²) in [6.45, 7) is 5.33. The van der Waals surface area contributed by atoms with Gasteiger partial charge in [0.2, 0.25) is 0 Å². The molecule has 3 amide bonds. The van der Waals surface area contributed by atoms with E-state index in [4.69, 9.17) is 4.74 Å². The van der Waals surface area contributed by atoms with Crippen LogP contribution in [0.25, 0.3) is 0 Å². The maximum atomic E-state index is 11.4. The van der Waals surface area contributed by atoms with Crippen LogP contribution in [-0.4, -0.2) is 36.2 Å². The second-order valence-corrected chi connectivity index (χ2v) is 5.86. The Morgan fingerprint density at radius 2 is 2.05 bits per heavy atom. The minimum atomic E-state index is -0.434. The highest BCUT2D eigenvalue weighted by Gasteiger charge is 2.04. The summed E-state index contributed by atoms with van der Waals surface area (Å²) in [6.07, 6.45) is 3.72. The summed E-state index contributed by atoms with van der Waals surface area (Å²) in [5.74, 6) is 0.